The Bertz CT molecular complexity index is 1570. The van der Waals surface area contributed by atoms with E-state index in [-0.39, 0.29) is 5.91 Å². The Labute approximate surface area is 225 Å². The lowest BCUT2D eigenvalue weighted by Gasteiger charge is -2.34. The lowest BCUT2D eigenvalue weighted by molar-refractivity contribution is 0.0955. The number of thiophene rings is 1. The molecule has 8 nitrogen and oxygen atoms in total. The molecule has 0 unspecified atom stereocenters. The predicted molar refractivity (Wildman–Crippen MR) is 154 cm³/mol. The van der Waals surface area contributed by atoms with E-state index >= 15 is 0 Å². The number of rotatable bonds is 7. The SMILES string of the molecule is CN1CCN(c2cccc(Nc3nccc(-c4ccc(C(=O)NCc5ccc6cc[nH]c6c5)s4)n3)c2)CC1. The zero-order valence-corrected chi connectivity index (χ0v) is 22.0. The van der Waals surface area contributed by atoms with Crippen molar-refractivity contribution in [3.8, 4) is 10.6 Å². The summed E-state index contributed by atoms with van der Waals surface area (Å²) in [5.41, 5.74) is 5.03. The lowest BCUT2D eigenvalue weighted by atomic mass is 10.1. The number of carbonyl (C=O) groups is 1. The standard InChI is InChI=1S/C29H29N7OS/c1-35-13-15-36(16-14-35)23-4-2-3-22(18-23)33-29-31-12-10-24(34-29)26-7-8-27(38-26)28(37)32-19-20-5-6-21-9-11-30-25(21)17-20/h2-12,17-18,30H,13-16,19H2,1H3,(H,32,37)(H,31,33,34). The number of carbonyl (C=O) groups excluding carboxylic acids is 1. The fraction of sp³-hybridized carbons (Fsp3) is 0.207. The maximum atomic E-state index is 12.8. The summed E-state index contributed by atoms with van der Waals surface area (Å²) in [5, 5.41) is 7.52. The quantitative estimate of drug-likeness (QED) is 0.275. The minimum absolute atomic E-state index is 0.0963. The van der Waals surface area contributed by atoms with Crippen molar-refractivity contribution in [2.75, 3.05) is 43.4 Å². The Balaban J connectivity index is 1.11. The number of aromatic amines is 1. The van der Waals surface area contributed by atoms with Crippen LogP contribution in [-0.4, -0.2) is 59.0 Å². The fourth-order valence-corrected chi connectivity index (χ4v) is 5.49. The number of benzene rings is 2. The molecule has 4 heterocycles. The maximum absolute atomic E-state index is 12.8. The van der Waals surface area contributed by atoms with E-state index in [4.69, 9.17) is 4.98 Å². The average molecular weight is 524 g/mol. The summed E-state index contributed by atoms with van der Waals surface area (Å²) in [5.74, 6) is 0.429. The highest BCUT2D eigenvalue weighted by atomic mass is 32.1. The van der Waals surface area contributed by atoms with Gasteiger partial charge in [-0.05, 0) is 66.5 Å². The van der Waals surface area contributed by atoms with Gasteiger partial charge in [0.25, 0.3) is 5.91 Å². The van der Waals surface area contributed by atoms with E-state index in [1.165, 1.54) is 17.0 Å². The molecule has 9 heteroatoms. The van der Waals surface area contributed by atoms with E-state index in [0.29, 0.717) is 17.4 Å². The van der Waals surface area contributed by atoms with Gasteiger partial charge in [-0.15, -0.1) is 11.3 Å². The number of likely N-dealkylation sites (N-methyl/N-ethyl adjacent to an activating group) is 1. The molecule has 0 atom stereocenters. The smallest absolute Gasteiger partial charge is 0.261 e. The van der Waals surface area contributed by atoms with Crippen molar-refractivity contribution in [3.05, 3.63) is 89.6 Å². The van der Waals surface area contributed by atoms with E-state index in [9.17, 15) is 4.79 Å². The highest BCUT2D eigenvalue weighted by molar-refractivity contribution is 7.17. The van der Waals surface area contributed by atoms with Crippen molar-refractivity contribution in [1.29, 1.82) is 0 Å². The second kappa shape index (κ2) is 10.6. The van der Waals surface area contributed by atoms with Crippen LogP contribution < -0.4 is 15.5 Å². The topological polar surface area (TPSA) is 89.2 Å². The first-order valence-corrected chi connectivity index (χ1v) is 13.5. The van der Waals surface area contributed by atoms with Crippen LogP contribution in [0.2, 0.25) is 0 Å². The molecule has 38 heavy (non-hydrogen) atoms. The van der Waals surface area contributed by atoms with Crippen LogP contribution in [0.25, 0.3) is 21.5 Å². The van der Waals surface area contributed by atoms with E-state index in [2.05, 4.69) is 67.8 Å². The van der Waals surface area contributed by atoms with E-state index in [1.54, 1.807) is 6.20 Å². The van der Waals surface area contributed by atoms with Crippen molar-refractivity contribution in [1.82, 2.24) is 25.2 Å². The predicted octanol–water partition coefficient (Wildman–Crippen LogP) is 5.11. The molecule has 1 saturated heterocycles. The van der Waals surface area contributed by atoms with Gasteiger partial charge in [0.2, 0.25) is 5.95 Å². The molecule has 0 aliphatic carbocycles. The number of hydrogen-bond acceptors (Lipinski definition) is 7. The molecule has 3 N–H and O–H groups in total. The molecule has 1 amide bonds. The van der Waals surface area contributed by atoms with Crippen LogP contribution in [-0.2, 0) is 6.54 Å². The second-order valence-electron chi connectivity index (χ2n) is 9.48. The first kappa shape index (κ1) is 24.1. The molecule has 192 valence electrons. The Morgan fingerprint density at radius 1 is 1.03 bits per heavy atom. The van der Waals surface area contributed by atoms with Gasteiger partial charge in [0.1, 0.15) is 0 Å². The van der Waals surface area contributed by atoms with Gasteiger partial charge in [-0.25, -0.2) is 9.97 Å². The van der Waals surface area contributed by atoms with Gasteiger partial charge in [-0.1, -0.05) is 18.2 Å². The molecule has 0 saturated carbocycles. The minimum Gasteiger partial charge on any atom is -0.369 e. The van der Waals surface area contributed by atoms with Crippen LogP contribution in [0.1, 0.15) is 15.2 Å². The Hall–Kier alpha value is -4.21. The van der Waals surface area contributed by atoms with Gasteiger partial charge >= 0.3 is 0 Å². The number of piperazine rings is 1. The van der Waals surface area contributed by atoms with Gasteiger partial charge in [0.15, 0.2) is 0 Å². The zero-order valence-electron chi connectivity index (χ0n) is 21.1. The summed E-state index contributed by atoms with van der Waals surface area (Å²) in [6.07, 6.45) is 3.66. The molecule has 2 aromatic carbocycles. The van der Waals surface area contributed by atoms with E-state index in [0.717, 1.165) is 58.9 Å². The Kier molecular flexibility index (Phi) is 6.76. The third kappa shape index (κ3) is 5.39. The summed E-state index contributed by atoms with van der Waals surface area (Å²) in [6.45, 7) is 4.62. The van der Waals surface area contributed by atoms with Crippen LogP contribution in [0.5, 0.6) is 0 Å². The van der Waals surface area contributed by atoms with Crippen LogP contribution in [0.3, 0.4) is 0 Å². The van der Waals surface area contributed by atoms with Crippen molar-refractivity contribution in [2.24, 2.45) is 0 Å². The number of aromatic nitrogens is 3. The molecular weight excluding hydrogens is 494 g/mol. The maximum Gasteiger partial charge on any atom is 0.261 e. The second-order valence-corrected chi connectivity index (χ2v) is 10.6. The summed E-state index contributed by atoms with van der Waals surface area (Å²) in [4.78, 5) is 31.5. The molecule has 1 aliphatic heterocycles. The summed E-state index contributed by atoms with van der Waals surface area (Å²) < 4.78 is 0. The highest BCUT2D eigenvalue weighted by Crippen LogP contribution is 2.28. The first-order chi connectivity index (χ1) is 18.6. The van der Waals surface area contributed by atoms with E-state index in [1.807, 2.05) is 42.6 Å². The van der Waals surface area contributed by atoms with E-state index < -0.39 is 0 Å². The Morgan fingerprint density at radius 2 is 1.92 bits per heavy atom. The number of fused-ring (bicyclic) bond motifs is 1. The molecule has 0 spiro atoms. The third-order valence-corrected chi connectivity index (χ3v) is 7.89. The molecule has 1 fully saturated rings. The molecule has 5 aromatic rings. The Morgan fingerprint density at radius 3 is 2.82 bits per heavy atom. The number of nitrogens with zero attached hydrogens (tertiary/aromatic N) is 4. The number of H-pyrrole nitrogens is 1. The highest BCUT2D eigenvalue weighted by Gasteiger charge is 2.15. The molecule has 3 aromatic heterocycles. The molecule has 0 radical (unpaired) electrons. The van der Waals surface area contributed by atoms with Gasteiger partial charge in [-0.3, -0.25) is 4.79 Å². The number of hydrogen-bond donors (Lipinski definition) is 3. The number of nitrogens with one attached hydrogen (secondary N) is 3. The summed E-state index contributed by atoms with van der Waals surface area (Å²) in [7, 11) is 2.16. The molecule has 6 rings (SSSR count). The first-order valence-electron chi connectivity index (χ1n) is 12.7. The van der Waals surface area contributed by atoms with Crippen LogP contribution in [0, 0.1) is 0 Å². The largest absolute Gasteiger partial charge is 0.369 e. The van der Waals surface area contributed by atoms with Crippen molar-refractivity contribution in [2.45, 2.75) is 6.54 Å². The van der Waals surface area contributed by atoms with Crippen molar-refractivity contribution < 1.29 is 4.79 Å². The summed E-state index contributed by atoms with van der Waals surface area (Å²) >= 11 is 1.42. The third-order valence-electron chi connectivity index (χ3n) is 6.78. The van der Waals surface area contributed by atoms with Crippen LogP contribution in [0.4, 0.5) is 17.3 Å². The number of amides is 1. The van der Waals surface area contributed by atoms with Crippen molar-refractivity contribution in [3.63, 3.8) is 0 Å². The molecular formula is C29H29N7OS. The molecule has 0 bridgehead atoms. The van der Waals surface area contributed by atoms with Gasteiger partial charge in [-0.2, -0.15) is 0 Å². The van der Waals surface area contributed by atoms with Crippen LogP contribution >= 0.6 is 11.3 Å². The fourth-order valence-electron chi connectivity index (χ4n) is 4.60. The number of anilines is 3. The minimum atomic E-state index is -0.0963. The zero-order chi connectivity index (χ0) is 25.9. The van der Waals surface area contributed by atoms with Gasteiger partial charge in [0, 0.05) is 62.0 Å². The van der Waals surface area contributed by atoms with Gasteiger partial charge in [0.05, 0.1) is 15.4 Å². The average Bonchev–Trinajstić information content (AvgIpc) is 3.62. The van der Waals surface area contributed by atoms with Crippen LogP contribution in [0.15, 0.2) is 79.1 Å². The summed E-state index contributed by atoms with van der Waals surface area (Å²) in [6, 6.07) is 22.2. The van der Waals surface area contributed by atoms with Crippen molar-refractivity contribution >= 4 is 45.5 Å². The monoisotopic (exact) mass is 523 g/mol. The normalized spacial score (nSPS) is 14.1. The van der Waals surface area contributed by atoms with Gasteiger partial charge < -0.3 is 25.4 Å². The molecule has 1 aliphatic rings. The lowest BCUT2D eigenvalue weighted by Crippen LogP contribution is -2.44.